The largest absolute Gasteiger partial charge is 0.574 e. The Kier molecular flexibility index (Phi) is 5.35. The first-order valence-electron chi connectivity index (χ1n) is 4.97. The number of aromatic nitrogens is 1. The van der Waals surface area contributed by atoms with E-state index in [1.165, 1.54) is 13.2 Å². The molecule has 5 nitrogen and oxygen atoms in total. The van der Waals surface area contributed by atoms with E-state index in [1.54, 1.807) is 22.6 Å². The summed E-state index contributed by atoms with van der Waals surface area (Å²) in [6, 6.07) is 1.46. The lowest BCUT2D eigenvalue weighted by atomic mass is 10.1. The first-order valence-corrected chi connectivity index (χ1v) is 6.05. The molecule has 0 spiro atoms. The number of esters is 1. The van der Waals surface area contributed by atoms with Crippen LogP contribution in [0.4, 0.5) is 13.2 Å². The van der Waals surface area contributed by atoms with Crippen molar-refractivity contribution in [2.24, 2.45) is 5.73 Å². The van der Waals surface area contributed by atoms with Crippen LogP contribution in [0, 0.1) is 3.70 Å². The van der Waals surface area contributed by atoms with Crippen molar-refractivity contribution in [3.63, 3.8) is 0 Å². The molecule has 0 aliphatic carbocycles. The van der Waals surface area contributed by atoms with Crippen molar-refractivity contribution in [2.75, 3.05) is 7.11 Å². The van der Waals surface area contributed by atoms with Crippen LogP contribution in [-0.4, -0.2) is 24.4 Å². The van der Waals surface area contributed by atoms with E-state index in [-0.39, 0.29) is 22.2 Å². The van der Waals surface area contributed by atoms with Gasteiger partial charge in [-0.3, -0.25) is 4.79 Å². The zero-order valence-electron chi connectivity index (χ0n) is 9.75. The standard InChI is InChI=1S/C10H10F3IN2O3/c1-18-8(17)3-5-2-7(14)16-9(6(5)4-15)19-10(11,12)13/h2H,3-4,15H2,1H3. The monoisotopic (exact) mass is 390 g/mol. The molecule has 0 radical (unpaired) electrons. The Morgan fingerprint density at radius 2 is 2.16 bits per heavy atom. The molecule has 0 saturated heterocycles. The molecule has 1 aromatic heterocycles. The molecule has 0 amide bonds. The Balaban J connectivity index is 3.20. The first kappa shape index (κ1) is 16.0. The fraction of sp³-hybridized carbons (Fsp3) is 0.400. The lowest BCUT2D eigenvalue weighted by Crippen LogP contribution is -2.21. The number of alkyl halides is 3. The molecule has 0 aliphatic rings. The second-order valence-electron chi connectivity index (χ2n) is 3.39. The van der Waals surface area contributed by atoms with E-state index in [0.717, 1.165) is 0 Å². The number of hydrogen-bond donors (Lipinski definition) is 1. The van der Waals surface area contributed by atoms with Crippen LogP contribution in [0.3, 0.4) is 0 Å². The van der Waals surface area contributed by atoms with Gasteiger partial charge in [0, 0.05) is 12.1 Å². The summed E-state index contributed by atoms with van der Waals surface area (Å²) in [4.78, 5) is 14.8. The number of pyridine rings is 1. The summed E-state index contributed by atoms with van der Waals surface area (Å²) >= 11 is 1.72. The number of carbonyl (C=O) groups is 1. The maximum absolute atomic E-state index is 12.3. The van der Waals surface area contributed by atoms with Gasteiger partial charge in [0.2, 0.25) is 5.88 Å². The van der Waals surface area contributed by atoms with Crippen LogP contribution in [0.25, 0.3) is 0 Å². The van der Waals surface area contributed by atoms with Crippen molar-refractivity contribution in [3.05, 3.63) is 20.9 Å². The van der Waals surface area contributed by atoms with E-state index in [1.807, 2.05) is 0 Å². The first-order chi connectivity index (χ1) is 8.76. The second-order valence-corrected chi connectivity index (χ2v) is 4.50. The Labute approximate surface area is 120 Å². The van der Waals surface area contributed by atoms with Gasteiger partial charge in [-0.25, -0.2) is 4.98 Å². The van der Waals surface area contributed by atoms with E-state index < -0.39 is 18.2 Å². The number of carbonyl (C=O) groups excluding carboxylic acids is 1. The van der Waals surface area contributed by atoms with Gasteiger partial charge in [-0.1, -0.05) is 0 Å². The van der Waals surface area contributed by atoms with Crippen molar-refractivity contribution in [1.82, 2.24) is 4.98 Å². The summed E-state index contributed by atoms with van der Waals surface area (Å²) < 4.78 is 45.3. The lowest BCUT2D eigenvalue weighted by Gasteiger charge is -2.14. The molecule has 0 bridgehead atoms. The van der Waals surface area contributed by atoms with Crippen LogP contribution < -0.4 is 10.5 Å². The summed E-state index contributed by atoms with van der Waals surface area (Å²) in [5.41, 5.74) is 5.73. The number of nitrogens with two attached hydrogens (primary N) is 1. The van der Waals surface area contributed by atoms with Crippen molar-refractivity contribution in [2.45, 2.75) is 19.3 Å². The minimum atomic E-state index is -4.87. The number of nitrogens with zero attached hydrogens (tertiary/aromatic N) is 1. The van der Waals surface area contributed by atoms with E-state index in [0.29, 0.717) is 5.56 Å². The molecule has 0 atom stereocenters. The molecular weight excluding hydrogens is 380 g/mol. The highest BCUT2D eigenvalue weighted by molar-refractivity contribution is 14.1. The topological polar surface area (TPSA) is 74.4 Å². The predicted molar refractivity (Wildman–Crippen MR) is 67.2 cm³/mol. The quantitative estimate of drug-likeness (QED) is 0.482. The Bertz CT molecular complexity index is 480. The predicted octanol–water partition coefficient (Wildman–Crippen LogP) is 1.76. The molecule has 1 aromatic rings. The zero-order chi connectivity index (χ0) is 14.6. The number of hydrogen-bond acceptors (Lipinski definition) is 5. The molecular formula is C10H10F3IN2O3. The second kappa shape index (κ2) is 6.37. The van der Waals surface area contributed by atoms with Gasteiger partial charge in [0.05, 0.1) is 13.5 Å². The maximum Gasteiger partial charge on any atom is 0.574 e. The molecule has 9 heteroatoms. The average molecular weight is 390 g/mol. The Hall–Kier alpha value is -1.10. The molecule has 19 heavy (non-hydrogen) atoms. The molecule has 0 aromatic carbocycles. The number of halogens is 4. The molecule has 1 heterocycles. The highest BCUT2D eigenvalue weighted by Gasteiger charge is 2.33. The molecule has 0 saturated carbocycles. The van der Waals surface area contributed by atoms with Gasteiger partial charge in [-0.2, -0.15) is 0 Å². The highest BCUT2D eigenvalue weighted by atomic mass is 127. The minimum absolute atomic E-state index is 0.0307. The van der Waals surface area contributed by atoms with Crippen molar-refractivity contribution in [1.29, 1.82) is 0 Å². The van der Waals surface area contributed by atoms with Gasteiger partial charge < -0.3 is 15.2 Å². The molecule has 1 rings (SSSR count). The third kappa shape index (κ3) is 4.82. The SMILES string of the molecule is COC(=O)Cc1cc(I)nc(OC(F)(F)F)c1CN. The summed E-state index contributed by atoms with van der Waals surface area (Å²) in [5.74, 6) is -1.23. The van der Waals surface area contributed by atoms with Crippen LogP contribution >= 0.6 is 22.6 Å². The number of ether oxygens (including phenoxy) is 2. The third-order valence-electron chi connectivity index (χ3n) is 2.13. The fourth-order valence-electron chi connectivity index (χ4n) is 1.36. The summed E-state index contributed by atoms with van der Waals surface area (Å²) in [7, 11) is 1.18. The van der Waals surface area contributed by atoms with Crippen LogP contribution in [0.5, 0.6) is 5.88 Å². The van der Waals surface area contributed by atoms with Gasteiger partial charge >= 0.3 is 12.3 Å². The summed E-state index contributed by atoms with van der Waals surface area (Å²) in [6.07, 6.45) is -5.07. The fourth-order valence-corrected chi connectivity index (χ4v) is 1.96. The molecule has 106 valence electrons. The van der Waals surface area contributed by atoms with Crippen LogP contribution in [-0.2, 0) is 22.5 Å². The van der Waals surface area contributed by atoms with Gasteiger partial charge in [-0.15, -0.1) is 13.2 Å². The lowest BCUT2D eigenvalue weighted by molar-refractivity contribution is -0.276. The van der Waals surface area contributed by atoms with E-state index in [2.05, 4.69) is 14.5 Å². The summed E-state index contributed by atoms with van der Waals surface area (Å²) in [6.45, 7) is -0.234. The van der Waals surface area contributed by atoms with E-state index >= 15 is 0 Å². The van der Waals surface area contributed by atoms with Gasteiger partial charge in [0.15, 0.2) is 0 Å². The number of rotatable bonds is 4. The van der Waals surface area contributed by atoms with E-state index in [4.69, 9.17) is 5.73 Å². The Morgan fingerprint density at radius 1 is 1.53 bits per heavy atom. The van der Waals surface area contributed by atoms with Crippen LogP contribution in [0.1, 0.15) is 11.1 Å². The molecule has 0 unspecified atom stereocenters. The van der Waals surface area contributed by atoms with Crippen molar-refractivity contribution >= 4 is 28.6 Å². The van der Waals surface area contributed by atoms with Crippen molar-refractivity contribution < 1.29 is 27.4 Å². The normalized spacial score (nSPS) is 11.3. The number of methoxy groups -OCH3 is 1. The molecule has 0 aliphatic heterocycles. The molecule has 2 N–H and O–H groups in total. The van der Waals surface area contributed by atoms with Crippen molar-refractivity contribution in [3.8, 4) is 5.88 Å². The molecule has 0 fully saturated rings. The maximum atomic E-state index is 12.3. The third-order valence-corrected chi connectivity index (χ3v) is 2.68. The summed E-state index contributed by atoms with van der Waals surface area (Å²) in [5, 5.41) is 0. The van der Waals surface area contributed by atoms with Crippen LogP contribution in [0.2, 0.25) is 0 Å². The zero-order valence-corrected chi connectivity index (χ0v) is 11.9. The van der Waals surface area contributed by atoms with E-state index in [9.17, 15) is 18.0 Å². The Morgan fingerprint density at radius 3 is 2.63 bits per heavy atom. The highest BCUT2D eigenvalue weighted by Crippen LogP contribution is 2.28. The van der Waals surface area contributed by atoms with Crippen LogP contribution in [0.15, 0.2) is 6.07 Å². The average Bonchev–Trinajstić information content (AvgIpc) is 2.26. The minimum Gasteiger partial charge on any atom is -0.469 e. The van der Waals surface area contributed by atoms with Gasteiger partial charge in [0.1, 0.15) is 3.70 Å². The smallest absolute Gasteiger partial charge is 0.469 e. The van der Waals surface area contributed by atoms with Gasteiger partial charge in [0.25, 0.3) is 0 Å². The van der Waals surface area contributed by atoms with Gasteiger partial charge in [-0.05, 0) is 34.2 Å².